The predicted molar refractivity (Wildman–Crippen MR) is 135 cm³/mol. The van der Waals surface area contributed by atoms with Crippen LogP contribution in [0.15, 0.2) is 65.1 Å². The topological polar surface area (TPSA) is 99.3 Å². The normalized spacial score (nSPS) is 14.8. The van der Waals surface area contributed by atoms with Gasteiger partial charge in [-0.05, 0) is 69.8 Å². The number of aliphatic imine (C=N–C) groups is 1. The number of carbonyl (C=O) groups excluding carboxylic acids is 1. The van der Waals surface area contributed by atoms with Crippen molar-refractivity contribution >= 4 is 13.1 Å². The Kier molecular flexibility index (Phi) is 11.0. The second-order valence-electron chi connectivity index (χ2n) is 8.17. The van der Waals surface area contributed by atoms with Crippen molar-refractivity contribution in [2.45, 2.75) is 33.1 Å². The molecule has 1 fully saturated rings. The van der Waals surface area contributed by atoms with Gasteiger partial charge >= 0.3 is 6.36 Å². The second kappa shape index (κ2) is 13.9. The molecule has 200 valence electrons. The van der Waals surface area contributed by atoms with Crippen LogP contribution in [0.4, 0.5) is 13.2 Å². The van der Waals surface area contributed by atoms with E-state index in [1.165, 1.54) is 25.4 Å². The zero-order valence-electron chi connectivity index (χ0n) is 21.0. The number of aromatic nitrogens is 1. The summed E-state index contributed by atoms with van der Waals surface area (Å²) in [5, 5.41) is 0. The van der Waals surface area contributed by atoms with Crippen molar-refractivity contribution in [3.63, 3.8) is 0 Å². The van der Waals surface area contributed by atoms with E-state index in [1.54, 1.807) is 17.9 Å². The van der Waals surface area contributed by atoms with Crippen molar-refractivity contribution in [2.24, 2.45) is 16.6 Å². The minimum atomic E-state index is -4.72. The summed E-state index contributed by atoms with van der Waals surface area (Å²) in [5.41, 5.74) is 8.05. The van der Waals surface area contributed by atoms with Gasteiger partial charge < -0.3 is 24.8 Å². The number of benzene rings is 1. The Balaban J connectivity index is 0.000000271. The fourth-order valence-electron chi connectivity index (χ4n) is 3.43. The molecule has 1 aliphatic rings. The molecule has 0 unspecified atom stereocenters. The van der Waals surface area contributed by atoms with E-state index in [0.29, 0.717) is 23.2 Å². The Morgan fingerprint density at radius 2 is 1.78 bits per heavy atom. The molecule has 1 amide bonds. The molecule has 0 radical (unpaired) electrons. The summed E-state index contributed by atoms with van der Waals surface area (Å²) in [4.78, 5) is 20.5. The number of halogens is 3. The maximum absolute atomic E-state index is 12.0. The van der Waals surface area contributed by atoms with Crippen LogP contribution in [-0.2, 0) is 4.79 Å². The van der Waals surface area contributed by atoms with Gasteiger partial charge in [-0.25, -0.2) is 0 Å². The standard InChI is InChI=1S/C14H12F3NO3.C12H19N3O/c1-9-7-12(19-2)13(8-18-9)20-10-3-5-11(6-4-10)21-14(15,16)17;1-10(13)3-4-12(14-2)11-5-7-15(9-16)8-6-11/h3-8H,1-2H3;3-4,9,11H,2,5-8,13H2,1H3/b;10-3+,12-4-. The quantitative estimate of drug-likeness (QED) is 0.285. The molecule has 11 heteroatoms. The Bertz CT molecular complexity index is 1090. The molecule has 37 heavy (non-hydrogen) atoms. The third-order valence-corrected chi connectivity index (χ3v) is 5.27. The number of nitrogens with two attached hydrogens (primary N) is 1. The van der Waals surface area contributed by atoms with Gasteiger partial charge in [0.15, 0.2) is 11.5 Å². The number of ether oxygens (including phenoxy) is 3. The third-order valence-electron chi connectivity index (χ3n) is 5.27. The van der Waals surface area contributed by atoms with E-state index in [1.807, 2.05) is 19.1 Å². The van der Waals surface area contributed by atoms with Gasteiger partial charge in [0.05, 0.1) is 13.3 Å². The Labute approximate surface area is 214 Å². The highest BCUT2D eigenvalue weighted by molar-refractivity contribution is 5.47. The summed E-state index contributed by atoms with van der Waals surface area (Å²) in [5.74, 6) is 1.27. The number of rotatable bonds is 8. The first-order valence-corrected chi connectivity index (χ1v) is 11.4. The molecule has 0 aliphatic carbocycles. The Morgan fingerprint density at radius 3 is 2.30 bits per heavy atom. The molecule has 2 aromatic rings. The van der Waals surface area contributed by atoms with Crippen molar-refractivity contribution in [2.75, 3.05) is 20.2 Å². The zero-order chi connectivity index (χ0) is 27.4. The summed E-state index contributed by atoms with van der Waals surface area (Å²) in [6.07, 6.45) is 3.33. The summed E-state index contributed by atoms with van der Waals surface area (Å²) < 4.78 is 50.6. The molecule has 0 bridgehead atoms. The minimum absolute atomic E-state index is 0.316. The smallest absolute Gasteiger partial charge is 0.493 e. The van der Waals surface area contributed by atoms with Crippen LogP contribution in [0.2, 0.25) is 0 Å². The number of allylic oxidation sites excluding steroid dienone is 4. The summed E-state index contributed by atoms with van der Waals surface area (Å²) in [6.45, 7) is 8.82. The number of pyridine rings is 1. The lowest BCUT2D eigenvalue weighted by Crippen LogP contribution is -2.32. The highest BCUT2D eigenvalue weighted by Crippen LogP contribution is 2.32. The van der Waals surface area contributed by atoms with E-state index < -0.39 is 6.36 Å². The molecule has 2 N–H and O–H groups in total. The molecule has 1 aromatic carbocycles. The van der Waals surface area contributed by atoms with Crippen molar-refractivity contribution in [1.29, 1.82) is 0 Å². The number of hydrogen-bond acceptors (Lipinski definition) is 7. The third kappa shape index (κ3) is 10.2. The number of carbonyl (C=O) groups is 1. The Morgan fingerprint density at radius 1 is 1.16 bits per heavy atom. The second-order valence-corrected chi connectivity index (χ2v) is 8.17. The lowest BCUT2D eigenvalue weighted by Gasteiger charge is -2.29. The largest absolute Gasteiger partial charge is 0.573 e. The predicted octanol–water partition coefficient (Wildman–Crippen LogP) is 5.39. The number of piperidine rings is 1. The zero-order valence-corrected chi connectivity index (χ0v) is 21.0. The lowest BCUT2D eigenvalue weighted by atomic mass is 9.93. The van der Waals surface area contributed by atoms with Crippen molar-refractivity contribution in [1.82, 2.24) is 9.88 Å². The molecule has 8 nitrogen and oxygen atoms in total. The maximum atomic E-state index is 12.0. The van der Waals surface area contributed by atoms with Gasteiger partial charge in [0, 0.05) is 42.2 Å². The van der Waals surface area contributed by atoms with Crippen LogP contribution in [-0.4, -0.2) is 49.6 Å². The SMILES string of the molecule is C=N/C(=C\C=C(/C)N)C1CCN(C=O)CC1.COc1cc(C)ncc1Oc1ccc(OC(F)(F)F)cc1. The lowest BCUT2D eigenvalue weighted by molar-refractivity contribution is -0.274. The molecule has 1 aromatic heterocycles. The highest BCUT2D eigenvalue weighted by Gasteiger charge is 2.31. The van der Waals surface area contributed by atoms with E-state index >= 15 is 0 Å². The van der Waals surface area contributed by atoms with Gasteiger partial charge in [-0.1, -0.05) is 0 Å². The number of aryl methyl sites for hydroxylation is 1. The van der Waals surface area contributed by atoms with Crippen molar-refractivity contribution in [3.8, 4) is 23.0 Å². The number of hydrogen-bond donors (Lipinski definition) is 1. The molecule has 1 saturated heterocycles. The van der Waals surface area contributed by atoms with Crippen LogP contribution in [0.25, 0.3) is 0 Å². The van der Waals surface area contributed by atoms with Gasteiger partial charge in [0.1, 0.15) is 11.5 Å². The van der Waals surface area contributed by atoms with E-state index in [9.17, 15) is 18.0 Å². The molecule has 2 heterocycles. The molecular formula is C26H31F3N4O4. The van der Waals surface area contributed by atoms with Crippen LogP contribution < -0.4 is 19.9 Å². The van der Waals surface area contributed by atoms with Crippen molar-refractivity contribution < 1.29 is 32.2 Å². The van der Waals surface area contributed by atoms with Gasteiger partial charge in [0.2, 0.25) is 6.41 Å². The molecule has 3 rings (SSSR count). The number of methoxy groups -OCH3 is 1. The first-order valence-electron chi connectivity index (χ1n) is 11.4. The van der Waals surface area contributed by atoms with Crippen LogP contribution >= 0.6 is 0 Å². The Hall–Kier alpha value is -4.02. The minimum Gasteiger partial charge on any atom is -0.493 e. The fourth-order valence-corrected chi connectivity index (χ4v) is 3.43. The first-order chi connectivity index (χ1) is 17.5. The molecular weight excluding hydrogens is 489 g/mol. The number of nitrogens with zero attached hydrogens (tertiary/aromatic N) is 3. The number of amides is 1. The molecule has 0 saturated carbocycles. The summed E-state index contributed by atoms with van der Waals surface area (Å²) >= 11 is 0. The fraction of sp³-hybridized carbons (Fsp3) is 0.346. The first kappa shape index (κ1) is 29.2. The summed E-state index contributed by atoms with van der Waals surface area (Å²) in [7, 11) is 1.49. The van der Waals surface area contributed by atoms with E-state index in [4.69, 9.17) is 15.2 Å². The average Bonchev–Trinajstić information content (AvgIpc) is 2.86. The van der Waals surface area contributed by atoms with E-state index in [-0.39, 0.29) is 5.75 Å². The molecule has 0 spiro atoms. The van der Waals surface area contributed by atoms with Gasteiger partial charge in [-0.15, -0.1) is 13.2 Å². The van der Waals surface area contributed by atoms with Gasteiger partial charge in [0.25, 0.3) is 0 Å². The molecule has 0 atom stereocenters. The van der Waals surface area contributed by atoms with Crippen molar-refractivity contribution in [3.05, 3.63) is 65.8 Å². The van der Waals surface area contributed by atoms with Gasteiger partial charge in [-0.3, -0.25) is 14.8 Å². The average molecular weight is 521 g/mol. The molecule has 1 aliphatic heterocycles. The maximum Gasteiger partial charge on any atom is 0.573 e. The van der Waals surface area contributed by atoms with Gasteiger partial charge in [-0.2, -0.15) is 0 Å². The number of likely N-dealkylation sites (tertiary alicyclic amines) is 1. The van der Waals surface area contributed by atoms with Crippen LogP contribution in [0.1, 0.15) is 25.5 Å². The van der Waals surface area contributed by atoms with Crippen LogP contribution in [0.3, 0.4) is 0 Å². The highest BCUT2D eigenvalue weighted by atomic mass is 19.4. The number of alkyl halides is 3. The van der Waals surface area contributed by atoms with Crippen LogP contribution in [0, 0.1) is 12.8 Å². The van der Waals surface area contributed by atoms with E-state index in [2.05, 4.69) is 21.4 Å². The monoisotopic (exact) mass is 520 g/mol. The van der Waals surface area contributed by atoms with E-state index in [0.717, 1.165) is 61.6 Å². The van der Waals surface area contributed by atoms with Crippen LogP contribution in [0.5, 0.6) is 23.0 Å². The summed E-state index contributed by atoms with van der Waals surface area (Å²) in [6, 6.07) is 6.74.